The average molecular weight is 258 g/mol. The van der Waals surface area contributed by atoms with Crippen molar-refractivity contribution in [3.8, 4) is 6.07 Å². The van der Waals surface area contributed by atoms with Crippen molar-refractivity contribution in [3.05, 3.63) is 22.2 Å². The minimum absolute atomic E-state index is 0.0705. The number of anilines is 2. The third-order valence-electron chi connectivity index (χ3n) is 2.25. The van der Waals surface area contributed by atoms with Gasteiger partial charge in [0.1, 0.15) is 0 Å². The first-order valence-electron chi connectivity index (χ1n) is 4.81. The summed E-state index contributed by atoms with van der Waals surface area (Å²) in [5, 5.41) is 9.64. The van der Waals surface area contributed by atoms with Crippen LogP contribution in [0.25, 0.3) is 0 Å². The lowest BCUT2D eigenvalue weighted by Crippen LogP contribution is -2.24. The topological polar surface area (TPSA) is 53.0 Å². The van der Waals surface area contributed by atoms with E-state index >= 15 is 0 Å². The molecule has 0 bridgehead atoms. The summed E-state index contributed by atoms with van der Waals surface area (Å²) in [7, 11) is 1.86. The molecule has 0 aliphatic heterocycles. The van der Waals surface area contributed by atoms with Crippen LogP contribution in [0.5, 0.6) is 0 Å². The van der Waals surface area contributed by atoms with Crippen molar-refractivity contribution >= 4 is 34.6 Å². The molecule has 16 heavy (non-hydrogen) atoms. The second kappa shape index (κ2) is 5.29. The highest BCUT2D eigenvalue weighted by Gasteiger charge is 2.11. The van der Waals surface area contributed by atoms with Gasteiger partial charge in [0, 0.05) is 13.6 Å². The smallest absolute Gasteiger partial charge is 0.0671 e. The molecule has 0 aromatic heterocycles. The van der Waals surface area contributed by atoms with E-state index in [0.717, 1.165) is 5.69 Å². The molecule has 1 atom stereocenters. The molecule has 3 nitrogen and oxygen atoms in total. The van der Waals surface area contributed by atoms with Gasteiger partial charge in [0.15, 0.2) is 0 Å². The van der Waals surface area contributed by atoms with Crippen LogP contribution >= 0.6 is 23.2 Å². The second-order valence-corrected chi connectivity index (χ2v) is 4.55. The number of nitrogen functional groups attached to an aromatic ring is 1. The van der Waals surface area contributed by atoms with Crippen LogP contribution in [0.4, 0.5) is 11.4 Å². The van der Waals surface area contributed by atoms with Crippen molar-refractivity contribution in [1.82, 2.24) is 0 Å². The highest BCUT2D eigenvalue weighted by Crippen LogP contribution is 2.32. The zero-order chi connectivity index (χ0) is 12.3. The molecule has 0 saturated heterocycles. The highest BCUT2D eigenvalue weighted by atomic mass is 35.5. The Labute approximate surface area is 105 Å². The highest BCUT2D eigenvalue weighted by molar-refractivity contribution is 6.42. The van der Waals surface area contributed by atoms with Crippen LogP contribution in [0.1, 0.15) is 6.92 Å². The van der Waals surface area contributed by atoms with E-state index in [9.17, 15) is 0 Å². The number of nitrogens with zero attached hydrogens (tertiary/aromatic N) is 2. The van der Waals surface area contributed by atoms with Gasteiger partial charge in [-0.15, -0.1) is 0 Å². The SMILES string of the molecule is CC(C#N)CN(C)c1cc(Cl)c(Cl)cc1N. The van der Waals surface area contributed by atoms with E-state index in [2.05, 4.69) is 6.07 Å². The molecule has 5 heteroatoms. The molecule has 0 spiro atoms. The Kier molecular flexibility index (Phi) is 4.28. The molecule has 86 valence electrons. The van der Waals surface area contributed by atoms with E-state index in [1.54, 1.807) is 12.1 Å². The summed E-state index contributed by atoms with van der Waals surface area (Å²) >= 11 is 11.8. The average Bonchev–Trinajstić information content (AvgIpc) is 2.23. The van der Waals surface area contributed by atoms with Crippen LogP contribution in [0.2, 0.25) is 10.0 Å². The fourth-order valence-electron chi connectivity index (χ4n) is 1.43. The molecular weight excluding hydrogens is 245 g/mol. The Balaban J connectivity index is 2.96. The van der Waals surface area contributed by atoms with E-state index < -0.39 is 0 Å². The number of hydrogen-bond donors (Lipinski definition) is 1. The van der Waals surface area contributed by atoms with E-state index in [1.165, 1.54) is 0 Å². The maximum absolute atomic E-state index is 8.74. The minimum Gasteiger partial charge on any atom is -0.397 e. The molecular formula is C11H13Cl2N3. The lowest BCUT2D eigenvalue weighted by atomic mass is 10.2. The summed E-state index contributed by atoms with van der Waals surface area (Å²) < 4.78 is 0. The third kappa shape index (κ3) is 2.94. The fraction of sp³-hybridized carbons (Fsp3) is 0.364. The molecule has 0 heterocycles. The molecule has 1 rings (SSSR count). The summed E-state index contributed by atoms with van der Waals surface area (Å²) in [5.41, 5.74) is 7.19. The fourth-order valence-corrected chi connectivity index (χ4v) is 1.76. The number of hydrogen-bond acceptors (Lipinski definition) is 3. The quantitative estimate of drug-likeness (QED) is 0.847. The first-order valence-corrected chi connectivity index (χ1v) is 5.56. The Morgan fingerprint density at radius 1 is 1.44 bits per heavy atom. The molecule has 0 amide bonds. The Bertz CT molecular complexity index is 426. The summed E-state index contributed by atoms with van der Waals surface area (Å²) in [4.78, 5) is 1.89. The zero-order valence-corrected chi connectivity index (χ0v) is 10.7. The van der Waals surface area contributed by atoms with Gasteiger partial charge in [-0.2, -0.15) is 5.26 Å². The van der Waals surface area contributed by atoms with Gasteiger partial charge in [-0.3, -0.25) is 0 Å². The van der Waals surface area contributed by atoms with Crippen LogP contribution in [0.15, 0.2) is 12.1 Å². The minimum atomic E-state index is -0.0705. The van der Waals surface area contributed by atoms with Crippen LogP contribution in [-0.4, -0.2) is 13.6 Å². The summed E-state index contributed by atoms with van der Waals surface area (Å²) in [6, 6.07) is 5.50. The number of halogens is 2. The molecule has 1 aromatic carbocycles. The molecule has 0 radical (unpaired) electrons. The van der Waals surface area contributed by atoms with Crippen LogP contribution in [-0.2, 0) is 0 Å². The van der Waals surface area contributed by atoms with Crippen LogP contribution in [0, 0.1) is 17.2 Å². The molecule has 0 aliphatic rings. The normalized spacial score (nSPS) is 11.9. The second-order valence-electron chi connectivity index (χ2n) is 3.74. The van der Waals surface area contributed by atoms with Crippen molar-refractivity contribution in [2.45, 2.75) is 6.92 Å². The molecule has 1 unspecified atom stereocenters. The van der Waals surface area contributed by atoms with Crippen molar-refractivity contribution in [2.24, 2.45) is 5.92 Å². The van der Waals surface area contributed by atoms with Gasteiger partial charge in [0.05, 0.1) is 33.4 Å². The zero-order valence-electron chi connectivity index (χ0n) is 9.17. The molecule has 2 N–H and O–H groups in total. The van der Waals surface area contributed by atoms with Crippen molar-refractivity contribution in [3.63, 3.8) is 0 Å². The maximum Gasteiger partial charge on any atom is 0.0671 e. The first-order chi connectivity index (χ1) is 7.45. The summed E-state index contributed by atoms with van der Waals surface area (Å²) in [6.45, 7) is 2.45. The van der Waals surface area contributed by atoms with E-state index in [4.69, 9.17) is 34.2 Å². The van der Waals surface area contributed by atoms with E-state index in [1.807, 2.05) is 18.9 Å². The van der Waals surface area contributed by atoms with Crippen molar-refractivity contribution < 1.29 is 0 Å². The van der Waals surface area contributed by atoms with Gasteiger partial charge in [0.25, 0.3) is 0 Å². The third-order valence-corrected chi connectivity index (χ3v) is 2.97. The van der Waals surface area contributed by atoms with E-state index in [-0.39, 0.29) is 5.92 Å². The lowest BCUT2D eigenvalue weighted by Gasteiger charge is -2.22. The van der Waals surface area contributed by atoms with Crippen molar-refractivity contribution in [2.75, 3.05) is 24.2 Å². The van der Waals surface area contributed by atoms with E-state index in [0.29, 0.717) is 22.3 Å². The molecule has 1 aromatic rings. The Morgan fingerprint density at radius 3 is 2.56 bits per heavy atom. The molecule has 0 fully saturated rings. The number of rotatable bonds is 3. The van der Waals surface area contributed by atoms with Crippen LogP contribution < -0.4 is 10.6 Å². The largest absolute Gasteiger partial charge is 0.397 e. The predicted molar refractivity (Wildman–Crippen MR) is 68.9 cm³/mol. The maximum atomic E-state index is 8.74. The lowest BCUT2D eigenvalue weighted by molar-refractivity contribution is 0.717. The first kappa shape index (κ1) is 13.0. The molecule has 0 aliphatic carbocycles. The van der Waals surface area contributed by atoms with Gasteiger partial charge in [0.2, 0.25) is 0 Å². The van der Waals surface area contributed by atoms with Gasteiger partial charge in [-0.25, -0.2) is 0 Å². The predicted octanol–water partition coefficient (Wildman–Crippen LogP) is 3.17. The monoisotopic (exact) mass is 257 g/mol. The van der Waals surface area contributed by atoms with Crippen molar-refractivity contribution in [1.29, 1.82) is 5.26 Å². The van der Waals surface area contributed by atoms with Crippen LogP contribution in [0.3, 0.4) is 0 Å². The summed E-state index contributed by atoms with van der Waals surface area (Å²) in [5.74, 6) is -0.0705. The standard InChI is InChI=1S/C11H13Cl2N3/c1-7(5-14)6-16(2)11-4-9(13)8(12)3-10(11)15/h3-4,7H,6,15H2,1-2H3. The number of nitriles is 1. The molecule has 0 saturated carbocycles. The Morgan fingerprint density at radius 2 is 2.00 bits per heavy atom. The van der Waals surface area contributed by atoms with Gasteiger partial charge in [-0.05, 0) is 19.1 Å². The Hall–Kier alpha value is -1.11. The number of benzene rings is 1. The number of nitrogens with two attached hydrogens (primary N) is 1. The van der Waals surface area contributed by atoms with Gasteiger partial charge < -0.3 is 10.6 Å². The van der Waals surface area contributed by atoms with Gasteiger partial charge >= 0.3 is 0 Å². The van der Waals surface area contributed by atoms with Gasteiger partial charge in [-0.1, -0.05) is 23.2 Å². The summed E-state index contributed by atoms with van der Waals surface area (Å²) in [6.07, 6.45) is 0.